The Kier molecular flexibility index (Phi) is 4.83. The van der Waals surface area contributed by atoms with E-state index < -0.39 is 0 Å². The monoisotopic (exact) mass is 286 g/mol. The van der Waals surface area contributed by atoms with Crippen LogP contribution in [-0.2, 0) is 4.79 Å². The third-order valence-electron chi connectivity index (χ3n) is 3.92. The minimum absolute atomic E-state index is 0.0877. The van der Waals surface area contributed by atoms with E-state index in [1.165, 1.54) is 0 Å². The van der Waals surface area contributed by atoms with Crippen molar-refractivity contribution in [2.24, 2.45) is 0 Å². The molecule has 0 aromatic carbocycles. The Hall–Kier alpha value is -2.04. The van der Waals surface area contributed by atoms with Crippen LogP contribution < -0.4 is 0 Å². The Bertz CT molecular complexity index is 641. The summed E-state index contributed by atoms with van der Waals surface area (Å²) in [5.74, 6) is 1.20. The largest absolute Gasteiger partial charge is 0.346 e. The van der Waals surface area contributed by atoms with Gasteiger partial charge in [0.15, 0.2) is 0 Å². The molecule has 0 fully saturated rings. The Morgan fingerprint density at radius 2 is 2.14 bits per heavy atom. The van der Waals surface area contributed by atoms with Gasteiger partial charge in [0.2, 0.25) is 5.91 Å². The minimum Gasteiger partial charge on any atom is -0.346 e. The third-order valence-corrected chi connectivity index (χ3v) is 3.92. The minimum atomic E-state index is 0.0877. The molecular formula is C16H22N4O. The highest BCUT2D eigenvalue weighted by molar-refractivity contribution is 5.79. The summed E-state index contributed by atoms with van der Waals surface area (Å²) in [6.45, 7) is 6.44. The maximum absolute atomic E-state index is 11.3. The molecule has 0 radical (unpaired) electrons. The lowest BCUT2D eigenvalue weighted by molar-refractivity contribution is -0.127. The number of hydrogen-bond donors (Lipinski definition) is 0. The first-order valence-electron chi connectivity index (χ1n) is 7.32. The van der Waals surface area contributed by atoms with Crippen LogP contribution in [-0.4, -0.2) is 39.4 Å². The second kappa shape index (κ2) is 6.61. The molecule has 2 heterocycles. The van der Waals surface area contributed by atoms with E-state index in [4.69, 9.17) is 0 Å². The number of aryl methyl sites for hydroxylation is 1. The molecule has 0 saturated carbocycles. The van der Waals surface area contributed by atoms with Crippen molar-refractivity contribution in [3.63, 3.8) is 0 Å². The lowest BCUT2D eigenvalue weighted by Gasteiger charge is -2.19. The number of fused-ring (bicyclic) bond motifs is 1. The maximum atomic E-state index is 11.3. The summed E-state index contributed by atoms with van der Waals surface area (Å²) in [4.78, 5) is 26.5. The van der Waals surface area contributed by atoms with Gasteiger partial charge in [0.1, 0.15) is 5.82 Å². The third kappa shape index (κ3) is 3.54. The number of carbonyl (C=O) groups excluding carboxylic acids is 1. The van der Waals surface area contributed by atoms with Crippen LogP contribution in [0.4, 0.5) is 0 Å². The average Bonchev–Trinajstić information content (AvgIpc) is 2.47. The van der Waals surface area contributed by atoms with Gasteiger partial charge in [0.25, 0.3) is 0 Å². The van der Waals surface area contributed by atoms with Gasteiger partial charge >= 0.3 is 0 Å². The molecule has 5 nitrogen and oxygen atoms in total. The molecule has 2 aromatic heterocycles. The van der Waals surface area contributed by atoms with Crippen molar-refractivity contribution in [2.45, 2.75) is 39.5 Å². The summed E-state index contributed by atoms with van der Waals surface area (Å²) >= 11 is 0. The summed E-state index contributed by atoms with van der Waals surface area (Å²) in [6, 6.07) is 1.94. The van der Waals surface area contributed by atoms with Crippen molar-refractivity contribution < 1.29 is 4.79 Å². The molecule has 5 heteroatoms. The summed E-state index contributed by atoms with van der Waals surface area (Å²) in [7, 11) is 1.82. The zero-order chi connectivity index (χ0) is 15.4. The quantitative estimate of drug-likeness (QED) is 0.848. The molecule has 2 rings (SSSR count). The normalized spacial score (nSPS) is 12.4. The van der Waals surface area contributed by atoms with Gasteiger partial charge in [-0.05, 0) is 25.8 Å². The van der Waals surface area contributed by atoms with Crippen LogP contribution in [0.3, 0.4) is 0 Å². The Morgan fingerprint density at radius 3 is 2.81 bits per heavy atom. The Morgan fingerprint density at radius 1 is 1.38 bits per heavy atom. The van der Waals surface area contributed by atoms with E-state index in [9.17, 15) is 4.79 Å². The van der Waals surface area contributed by atoms with E-state index in [2.05, 4.69) is 21.9 Å². The van der Waals surface area contributed by atoms with Crippen LogP contribution in [0.5, 0.6) is 0 Å². The van der Waals surface area contributed by atoms with Crippen LogP contribution in [0.2, 0.25) is 0 Å². The zero-order valence-electron chi connectivity index (χ0n) is 13.1. The van der Waals surface area contributed by atoms with Crippen molar-refractivity contribution in [2.75, 3.05) is 13.6 Å². The molecule has 0 bridgehead atoms. The predicted molar refractivity (Wildman–Crippen MR) is 83.0 cm³/mol. The first-order valence-corrected chi connectivity index (χ1v) is 7.32. The zero-order valence-corrected chi connectivity index (χ0v) is 13.1. The molecule has 1 unspecified atom stereocenters. The van der Waals surface area contributed by atoms with E-state index in [0.717, 1.165) is 41.8 Å². The lowest BCUT2D eigenvalue weighted by atomic mass is 10.0. The molecule has 0 aliphatic rings. The Labute approximate surface area is 125 Å². The van der Waals surface area contributed by atoms with E-state index in [-0.39, 0.29) is 11.8 Å². The summed E-state index contributed by atoms with van der Waals surface area (Å²) in [6.07, 6.45) is 5.37. The van der Waals surface area contributed by atoms with Crippen molar-refractivity contribution in [1.82, 2.24) is 19.9 Å². The number of amides is 1. The van der Waals surface area contributed by atoms with Crippen molar-refractivity contribution in [3.05, 3.63) is 30.0 Å². The van der Waals surface area contributed by atoms with Crippen molar-refractivity contribution in [3.8, 4) is 0 Å². The average molecular weight is 286 g/mol. The molecule has 0 N–H and O–H groups in total. The Balaban J connectivity index is 2.24. The van der Waals surface area contributed by atoms with Crippen molar-refractivity contribution in [1.29, 1.82) is 0 Å². The fourth-order valence-electron chi connectivity index (χ4n) is 2.37. The van der Waals surface area contributed by atoms with Gasteiger partial charge in [-0.25, -0.2) is 9.97 Å². The molecule has 1 amide bonds. The number of hydrogen-bond acceptors (Lipinski definition) is 4. The number of pyridine rings is 1. The second-order valence-corrected chi connectivity index (χ2v) is 5.39. The molecule has 0 saturated heterocycles. The van der Waals surface area contributed by atoms with Gasteiger partial charge in [-0.15, -0.1) is 0 Å². The smallest absolute Gasteiger partial charge is 0.219 e. The van der Waals surface area contributed by atoms with Crippen LogP contribution >= 0.6 is 0 Å². The van der Waals surface area contributed by atoms with Gasteiger partial charge in [-0.3, -0.25) is 9.78 Å². The second-order valence-electron chi connectivity index (χ2n) is 5.39. The fraction of sp³-hybridized carbons (Fsp3) is 0.500. The summed E-state index contributed by atoms with van der Waals surface area (Å²) in [5, 5.41) is 1.05. The van der Waals surface area contributed by atoms with Crippen LogP contribution in [0.25, 0.3) is 10.9 Å². The van der Waals surface area contributed by atoms with E-state index >= 15 is 0 Å². The van der Waals surface area contributed by atoms with Gasteiger partial charge in [0.05, 0.1) is 11.7 Å². The summed E-state index contributed by atoms with van der Waals surface area (Å²) < 4.78 is 0. The SMILES string of the molecule is CCC(CCN(C)C(C)=O)c1nc(C)c2ccncc2n1. The number of aromatic nitrogens is 3. The van der Waals surface area contributed by atoms with E-state index in [1.54, 1.807) is 24.2 Å². The lowest BCUT2D eigenvalue weighted by Crippen LogP contribution is -2.26. The highest BCUT2D eigenvalue weighted by Gasteiger charge is 2.16. The van der Waals surface area contributed by atoms with Gasteiger partial charge in [-0.1, -0.05) is 6.92 Å². The first kappa shape index (κ1) is 15.4. The van der Waals surface area contributed by atoms with E-state index in [1.807, 2.05) is 20.0 Å². The highest BCUT2D eigenvalue weighted by Crippen LogP contribution is 2.23. The van der Waals surface area contributed by atoms with Crippen LogP contribution in [0.1, 0.15) is 44.1 Å². The highest BCUT2D eigenvalue weighted by atomic mass is 16.2. The maximum Gasteiger partial charge on any atom is 0.219 e. The predicted octanol–water partition coefficient (Wildman–Crippen LogP) is 2.70. The number of nitrogens with zero attached hydrogens (tertiary/aromatic N) is 4. The number of rotatable bonds is 5. The molecular weight excluding hydrogens is 264 g/mol. The molecule has 0 aliphatic carbocycles. The fourth-order valence-corrected chi connectivity index (χ4v) is 2.37. The van der Waals surface area contributed by atoms with Crippen LogP contribution in [0, 0.1) is 6.92 Å². The van der Waals surface area contributed by atoms with Gasteiger partial charge in [-0.2, -0.15) is 0 Å². The molecule has 112 valence electrons. The van der Waals surface area contributed by atoms with Crippen molar-refractivity contribution >= 4 is 16.8 Å². The topological polar surface area (TPSA) is 59.0 Å². The van der Waals surface area contributed by atoms with Gasteiger partial charge < -0.3 is 4.90 Å². The molecule has 0 aliphatic heterocycles. The summed E-state index contributed by atoms with van der Waals surface area (Å²) in [5.41, 5.74) is 1.87. The molecule has 1 atom stereocenters. The van der Waals surface area contributed by atoms with Gasteiger partial charge in [0, 0.05) is 43.7 Å². The van der Waals surface area contributed by atoms with Crippen LogP contribution in [0.15, 0.2) is 18.5 Å². The molecule has 0 spiro atoms. The standard InChI is InChI=1S/C16H22N4O/c1-5-13(7-9-20(4)12(3)21)16-18-11(2)14-6-8-17-10-15(14)19-16/h6,8,10,13H,5,7,9H2,1-4H3. The molecule has 2 aromatic rings. The number of carbonyl (C=O) groups is 1. The van der Waals surface area contributed by atoms with E-state index in [0.29, 0.717) is 0 Å². The molecule has 21 heavy (non-hydrogen) atoms. The first-order chi connectivity index (χ1) is 10.0.